The number of anilines is 1. The van der Waals surface area contributed by atoms with Crippen molar-refractivity contribution >= 4 is 34.5 Å². The Kier molecular flexibility index (Phi) is 11.4. The summed E-state index contributed by atoms with van der Waals surface area (Å²) in [5, 5.41) is 12.4. The number of pyridine rings is 1. The van der Waals surface area contributed by atoms with Gasteiger partial charge in [-0.25, -0.2) is 8.78 Å². The van der Waals surface area contributed by atoms with Gasteiger partial charge in [-0.3, -0.25) is 25.1 Å². The minimum absolute atomic E-state index is 0. The van der Waals surface area contributed by atoms with Crippen LogP contribution in [0.15, 0.2) is 30.5 Å². The van der Waals surface area contributed by atoms with Gasteiger partial charge in [-0.2, -0.15) is 0 Å². The minimum atomic E-state index is -2.79. The van der Waals surface area contributed by atoms with E-state index in [0.29, 0.717) is 17.2 Å². The van der Waals surface area contributed by atoms with Crippen LogP contribution >= 0.6 is 11.9 Å². The van der Waals surface area contributed by atoms with Gasteiger partial charge in [0.15, 0.2) is 5.04 Å². The molecule has 2 aromatic rings. The van der Waals surface area contributed by atoms with Crippen molar-refractivity contribution in [3.05, 3.63) is 41.7 Å². The molecule has 0 radical (unpaired) electrons. The average Bonchev–Trinajstić information content (AvgIpc) is 3.89. The monoisotopic (exact) mass is 561 g/mol. The Morgan fingerprint density at radius 2 is 1.90 bits per heavy atom. The van der Waals surface area contributed by atoms with Crippen molar-refractivity contribution in [3.8, 4) is 28.7 Å². The Hall–Kier alpha value is -3.49. The molecule has 2 aliphatic carbocycles. The molecule has 2 fully saturated rings. The smallest absolute Gasteiger partial charge is 0.280 e. The summed E-state index contributed by atoms with van der Waals surface area (Å²) >= 11 is 0.904. The van der Waals surface area contributed by atoms with Gasteiger partial charge in [0, 0.05) is 42.2 Å². The van der Waals surface area contributed by atoms with Crippen LogP contribution in [0.25, 0.3) is 11.1 Å². The average molecular weight is 562 g/mol. The van der Waals surface area contributed by atoms with Crippen LogP contribution in [0, 0.1) is 28.6 Å². The standard InChI is InChI=1S/C20H21F2N3O3.C6H8N2S.C2H6.H2/c1-20(6-7-20)19(27)25(2)11-4-5-12(18(23)26)13(8-11)14-9-15(17(21)22)24-10-16(14)28-3;7-6(9-8)4-3-5-1-2-5;1-2;/h4-5,8-10,17H,6-7H2,1-3H3,(H2,23,26);5,7H,1-2,8H2;1-2H3;1H. The number of rotatable bonds is 6. The van der Waals surface area contributed by atoms with Crippen molar-refractivity contribution in [2.24, 2.45) is 22.2 Å². The van der Waals surface area contributed by atoms with E-state index in [0.717, 1.165) is 24.8 Å². The summed E-state index contributed by atoms with van der Waals surface area (Å²) in [5.74, 6) is 5.62. The Morgan fingerprint density at radius 1 is 1.26 bits per heavy atom. The molecule has 0 spiro atoms. The summed E-state index contributed by atoms with van der Waals surface area (Å²) in [6.07, 6.45) is 2.43. The number of halogens is 2. The van der Waals surface area contributed by atoms with Gasteiger partial charge in [-0.05, 0) is 67.8 Å². The molecule has 0 aliphatic heterocycles. The van der Waals surface area contributed by atoms with Gasteiger partial charge in [0.2, 0.25) is 11.8 Å². The van der Waals surface area contributed by atoms with Gasteiger partial charge >= 0.3 is 0 Å². The lowest BCUT2D eigenvalue weighted by Gasteiger charge is -2.23. The van der Waals surface area contributed by atoms with Gasteiger partial charge in [-0.1, -0.05) is 26.7 Å². The molecule has 39 heavy (non-hydrogen) atoms. The fourth-order valence-electron chi connectivity index (χ4n) is 3.48. The zero-order valence-electron chi connectivity index (χ0n) is 22.8. The van der Waals surface area contributed by atoms with Gasteiger partial charge < -0.3 is 15.4 Å². The van der Waals surface area contributed by atoms with Crippen LogP contribution < -0.4 is 20.5 Å². The fourth-order valence-corrected chi connectivity index (χ4v) is 3.60. The highest BCUT2D eigenvalue weighted by Crippen LogP contribution is 2.47. The van der Waals surface area contributed by atoms with Crippen LogP contribution in [0.2, 0.25) is 0 Å². The number of aromatic nitrogens is 1. The van der Waals surface area contributed by atoms with Gasteiger partial charge in [0.05, 0.1) is 13.3 Å². The SMILES string of the molecule is CC.COc1cnc(C(F)F)cc1-c1cc(N(C)C(=O)C2(C)CC2)ccc1C(N)=O.N=C(C#CC1CC1)SN.[HH]. The largest absolute Gasteiger partial charge is 0.494 e. The molecule has 0 saturated heterocycles. The Labute approximate surface area is 234 Å². The van der Waals surface area contributed by atoms with E-state index in [1.807, 2.05) is 20.8 Å². The molecule has 0 bridgehead atoms. The van der Waals surface area contributed by atoms with Crippen LogP contribution in [0.4, 0.5) is 14.5 Å². The molecule has 2 amide bonds. The van der Waals surface area contributed by atoms with E-state index in [1.165, 1.54) is 43.2 Å². The number of primary amides is 1. The third-order valence-corrected chi connectivity index (χ3v) is 6.52. The number of amides is 2. The maximum atomic E-state index is 13.2. The number of hydrogen-bond acceptors (Lipinski definition) is 7. The Bertz CT molecular complexity index is 1270. The summed E-state index contributed by atoms with van der Waals surface area (Å²) in [6.45, 7) is 5.89. The third kappa shape index (κ3) is 8.50. The number of nitrogens with zero attached hydrogens (tertiary/aromatic N) is 2. The molecular formula is C28H37F2N5O3S. The van der Waals surface area contributed by atoms with E-state index in [9.17, 15) is 18.4 Å². The van der Waals surface area contributed by atoms with Crippen LogP contribution in [0.3, 0.4) is 0 Å². The molecule has 5 N–H and O–H groups in total. The summed E-state index contributed by atoms with van der Waals surface area (Å²) < 4.78 is 31.6. The third-order valence-electron chi connectivity index (χ3n) is 6.18. The number of hydrogen-bond donors (Lipinski definition) is 3. The van der Waals surface area contributed by atoms with Crippen molar-refractivity contribution in [1.29, 1.82) is 5.41 Å². The maximum absolute atomic E-state index is 13.2. The first-order chi connectivity index (χ1) is 18.5. The minimum Gasteiger partial charge on any atom is -0.494 e. The molecule has 1 aromatic carbocycles. The zero-order chi connectivity index (χ0) is 29.3. The number of carbonyl (C=O) groups is 2. The number of nitrogens with one attached hydrogen (secondary N) is 1. The zero-order valence-corrected chi connectivity index (χ0v) is 23.6. The summed E-state index contributed by atoms with van der Waals surface area (Å²) in [7, 11) is 3.02. The van der Waals surface area contributed by atoms with Crippen LogP contribution in [-0.2, 0) is 4.79 Å². The van der Waals surface area contributed by atoms with Crippen LogP contribution in [0.1, 0.15) is 70.4 Å². The highest BCUT2D eigenvalue weighted by molar-refractivity contribution is 8.12. The lowest BCUT2D eigenvalue weighted by Crippen LogP contribution is -2.32. The molecule has 2 aliphatic rings. The molecule has 1 heterocycles. The molecule has 212 valence electrons. The van der Waals surface area contributed by atoms with Crippen molar-refractivity contribution < 1.29 is 24.5 Å². The molecule has 0 unspecified atom stereocenters. The normalized spacial score (nSPS) is 14.4. The number of carbonyl (C=O) groups excluding carboxylic acids is 2. The first kappa shape index (κ1) is 31.7. The number of methoxy groups -OCH3 is 1. The van der Waals surface area contributed by atoms with Gasteiger partial charge in [0.25, 0.3) is 6.43 Å². The first-order valence-electron chi connectivity index (χ1n) is 12.5. The summed E-state index contributed by atoms with van der Waals surface area (Å²) in [6, 6.07) is 5.83. The topological polar surface area (TPSA) is 135 Å². The molecule has 4 rings (SSSR count). The van der Waals surface area contributed by atoms with E-state index < -0.39 is 18.0 Å². The first-order valence-corrected chi connectivity index (χ1v) is 13.4. The molecule has 8 nitrogen and oxygen atoms in total. The number of benzene rings is 1. The van der Waals surface area contributed by atoms with Crippen LogP contribution in [0.5, 0.6) is 5.75 Å². The molecule has 11 heteroatoms. The summed E-state index contributed by atoms with van der Waals surface area (Å²) in [4.78, 5) is 29.8. The number of alkyl halides is 2. The lowest BCUT2D eigenvalue weighted by atomic mass is 9.97. The highest BCUT2D eigenvalue weighted by Gasteiger charge is 2.46. The van der Waals surface area contributed by atoms with Crippen LogP contribution in [-0.4, -0.2) is 36.0 Å². The summed E-state index contributed by atoms with van der Waals surface area (Å²) in [5.41, 5.74) is 5.85. The molecule has 0 atom stereocenters. The highest BCUT2D eigenvalue weighted by atomic mass is 32.2. The predicted molar refractivity (Wildman–Crippen MR) is 154 cm³/mol. The van der Waals surface area contributed by atoms with Crippen molar-refractivity contribution in [2.75, 3.05) is 19.1 Å². The Balaban J connectivity index is 0.000000563. The molecular weight excluding hydrogens is 524 g/mol. The predicted octanol–water partition coefficient (Wildman–Crippen LogP) is 5.81. The van der Waals surface area contributed by atoms with E-state index >= 15 is 0 Å². The van der Waals surface area contributed by atoms with Gasteiger partial charge in [-0.15, -0.1) is 0 Å². The van der Waals surface area contributed by atoms with E-state index in [2.05, 4.69) is 16.8 Å². The second kappa shape index (κ2) is 14.1. The van der Waals surface area contributed by atoms with Gasteiger partial charge in [0.1, 0.15) is 11.4 Å². The van der Waals surface area contributed by atoms with E-state index in [4.69, 9.17) is 21.0 Å². The van der Waals surface area contributed by atoms with Crippen molar-refractivity contribution in [2.45, 2.75) is 52.9 Å². The Morgan fingerprint density at radius 3 is 2.38 bits per heavy atom. The van der Waals surface area contributed by atoms with Crippen molar-refractivity contribution in [3.63, 3.8) is 0 Å². The quantitative estimate of drug-likeness (QED) is 0.176. The van der Waals surface area contributed by atoms with E-state index in [-0.39, 0.29) is 34.7 Å². The van der Waals surface area contributed by atoms with E-state index in [1.54, 1.807) is 19.2 Å². The molecule has 1 aromatic heterocycles. The lowest BCUT2D eigenvalue weighted by molar-refractivity contribution is -0.122. The fraction of sp³-hybridized carbons (Fsp3) is 0.429. The van der Waals surface area contributed by atoms with Crippen molar-refractivity contribution in [1.82, 2.24) is 4.98 Å². The number of nitrogens with two attached hydrogens (primary N) is 2. The second-order valence-electron chi connectivity index (χ2n) is 9.12. The number of ether oxygens (including phenoxy) is 1. The molecule has 2 saturated carbocycles. The second-order valence-corrected chi connectivity index (χ2v) is 9.76. The maximum Gasteiger partial charge on any atom is 0.280 e.